The Bertz CT molecular complexity index is 624. The van der Waals surface area contributed by atoms with E-state index in [9.17, 15) is 4.39 Å². The molecule has 1 aromatic carbocycles. The third-order valence-electron chi connectivity index (χ3n) is 4.06. The number of aromatic amines is 1. The van der Waals surface area contributed by atoms with E-state index in [1.807, 2.05) is 6.92 Å². The van der Waals surface area contributed by atoms with Gasteiger partial charge in [0.05, 0.1) is 0 Å². The number of halogens is 1. The number of piperidine rings is 1. The lowest BCUT2D eigenvalue weighted by Crippen LogP contribution is -2.38. The van der Waals surface area contributed by atoms with Crippen molar-refractivity contribution in [2.75, 3.05) is 24.5 Å². The van der Waals surface area contributed by atoms with Gasteiger partial charge in [-0.15, -0.1) is 5.10 Å². The van der Waals surface area contributed by atoms with E-state index in [1.54, 1.807) is 6.07 Å². The van der Waals surface area contributed by atoms with Gasteiger partial charge in [-0.2, -0.15) is 4.98 Å². The number of hydrogen-bond acceptors (Lipinski definition) is 4. The van der Waals surface area contributed by atoms with Crippen molar-refractivity contribution >= 4 is 5.95 Å². The highest BCUT2D eigenvalue weighted by Crippen LogP contribution is 2.24. The zero-order valence-corrected chi connectivity index (χ0v) is 12.1. The second-order valence-electron chi connectivity index (χ2n) is 5.63. The Morgan fingerprint density at radius 1 is 1.48 bits per heavy atom. The summed E-state index contributed by atoms with van der Waals surface area (Å²) in [4.78, 5) is 6.68. The highest BCUT2D eigenvalue weighted by molar-refractivity contribution is 5.61. The van der Waals surface area contributed by atoms with Crippen molar-refractivity contribution in [3.8, 4) is 11.4 Å². The third kappa shape index (κ3) is 2.90. The second kappa shape index (κ2) is 5.81. The van der Waals surface area contributed by atoms with Gasteiger partial charge in [0, 0.05) is 18.7 Å². The molecule has 0 spiro atoms. The molecule has 1 fully saturated rings. The summed E-state index contributed by atoms with van der Waals surface area (Å²) in [5.74, 6) is 1.51. The average Bonchev–Trinajstić information content (AvgIpc) is 2.99. The van der Waals surface area contributed by atoms with Crippen LogP contribution in [-0.4, -0.2) is 34.8 Å². The van der Waals surface area contributed by atoms with Crippen LogP contribution in [0.25, 0.3) is 11.4 Å². The number of nitrogens with zero attached hydrogens (tertiary/aromatic N) is 3. The van der Waals surface area contributed by atoms with Gasteiger partial charge >= 0.3 is 0 Å². The number of nitrogens with two attached hydrogens (primary N) is 1. The van der Waals surface area contributed by atoms with Gasteiger partial charge in [0.15, 0.2) is 5.82 Å². The first-order chi connectivity index (χ1) is 10.2. The summed E-state index contributed by atoms with van der Waals surface area (Å²) < 4.78 is 13.4. The Morgan fingerprint density at radius 3 is 3.14 bits per heavy atom. The Labute approximate surface area is 123 Å². The molecular formula is C15H20FN5. The van der Waals surface area contributed by atoms with Crippen LogP contribution in [0.1, 0.15) is 18.4 Å². The van der Waals surface area contributed by atoms with Gasteiger partial charge in [-0.3, -0.25) is 5.10 Å². The van der Waals surface area contributed by atoms with Crippen molar-refractivity contribution in [1.82, 2.24) is 15.2 Å². The van der Waals surface area contributed by atoms with Crippen LogP contribution in [0.3, 0.4) is 0 Å². The Kier molecular flexibility index (Phi) is 3.88. The summed E-state index contributed by atoms with van der Waals surface area (Å²) in [7, 11) is 0. The van der Waals surface area contributed by atoms with E-state index in [-0.39, 0.29) is 5.82 Å². The largest absolute Gasteiger partial charge is 0.339 e. The predicted octanol–water partition coefficient (Wildman–Crippen LogP) is 2.09. The topological polar surface area (TPSA) is 70.8 Å². The van der Waals surface area contributed by atoms with Gasteiger partial charge in [0.2, 0.25) is 5.95 Å². The molecular weight excluding hydrogens is 269 g/mol. The number of aryl methyl sites for hydroxylation is 1. The molecule has 0 saturated carbocycles. The Balaban J connectivity index is 1.84. The van der Waals surface area contributed by atoms with E-state index >= 15 is 0 Å². The molecule has 2 heterocycles. The summed E-state index contributed by atoms with van der Waals surface area (Å²) in [6, 6.07) is 4.68. The molecule has 0 amide bonds. The number of aromatic nitrogens is 3. The van der Waals surface area contributed by atoms with Crippen LogP contribution in [-0.2, 0) is 0 Å². The number of H-pyrrole nitrogens is 1. The lowest BCUT2D eigenvalue weighted by atomic mass is 9.99. The zero-order chi connectivity index (χ0) is 14.8. The fourth-order valence-electron chi connectivity index (χ4n) is 2.80. The number of anilines is 1. The lowest BCUT2D eigenvalue weighted by molar-refractivity contribution is 0.420. The van der Waals surface area contributed by atoms with Gasteiger partial charge in [-0.05, 0) is 49.9 Å². The van der Waals surface area contributed by atoms with Crippen molar-refractivity contribution in [1.29, 1.82) is 0 Å². The summed E-state index contributed by atoms with van der Waals surface area (Å²) in [6.07, 6.45) is 2.26. The number of nitrogens with one attached hydrogen (secondary N) is 1. The molecule has 1 aliphatic heterocycles. The molecule has 112 valence electrons. The maximum Gasteiger partial charge on any atom is 0.245 e. The minimum Gasteiger partial charge on any atom is -0.339 e. The van der Waals surface area contributed by atoms with Crippen LogP contribution in [0.5, 0.6) is 0 Å². The van der Waals surface area contributed by atoms with Crippen LogP contribution in [0.15, 0.2) is 18.2 Å². The van der Waals surface area contributed by atoms with Crippen LogP contribution in [0, 0.1) is 18.7 Å². The first-order valence-corrected chi connectivity index (χ1v) is 7.31. The predicted molar refractivity (Wildman–Crippen MR) is 80.5 cm³/mol. The number of rotatable bonds is 3. The Hall–Kier alpha value is -1.95. The normalized spacial score (nSPS) is 19.0. The Morgan fingerprint density at radius 2 is 2.33 bits per heavy atom. The van der Waals surface area contributed by atoms with E-state index in [1.165, 1.54) is 12.1 Å². The van der Waals surface area contributed by atoms with Gasteiger partial charge in [-0.25, -0.2) is 4.39 Å². The molecule has 1 aromatic heterocycles. The summed E-state index contributed by atoms with van der Waals surface area (Å²) in [5.41, 5.74) is 7.48. The van der Waals surface area contributed by atoms with E-state index < -0.39 is 0 Å². The average molecular weight is 289 g/mol. The third-order valence-corrected chi connectivity index (χ3v) is 4.06. The SMILES string of the molecule is Cc1ccc(F)cc1-c1nc(N2CCCC(CN)C2)n[nH]1. The van der Waals surface area contributed by atoms with E-state index in [0.29, 0.717) is 24.2 Å². The zero-order valence-electron chi connectivity index (χ0n) is 12.1. The molecule has 1 atom stereocenters. The standard InChI is InChI=1S/C15H20FN5/c1-10-4-5-12(16)7-13(10)14-18-15(20-19-14)21-6-2-3-11(8-17)9-21/h4-5,7,11H,2-3,6,8-9,17H2,1H3,(H,18,19,20). The summed E-state index contributed by atoms with van der Waals surface area (Å²) in [5, 5.41) is 7.20. The van der Waals surface area contributed by atoms with Crippen LogP contribution in [0.4, 0.5) is 10.3 Å². The lowest BCUT2D eigenvalue weighted by Gasteiger charge is -2.31. The molecule has 6 heteroatoms. The van der Waals surface area contributed by atoms with E-state index in [0.717, 1.165) is 37.1 Å². The minimum absolute atomic E-state index is 0.269. The molecule has 21 heavy (non-hydrogen) atoms. The smallest absolute Gasteiger partial charge is 0.245 e. The molecule has 0 radical (unpaired) electrons. The maximum atomic E-state index is 13.4. The van der Waals surface area contributed by atoms with Crippen molar-refractivity contribution in [3.63, 3.8) is 0 Å². The monoisotopic (exact) mass is 289 g/mol. The first kappa shape index (κ1) is 14.0. The van der Waals surface area contributed by atoms with Gasteiger partial charge in [0.1, 0.15) is 5.82 Å². The fourth-order valence-corrected chi connectivity index (χ4v) is 2.80. The van der Waals surface area contributed by atoms with Crippen LogP contribution in [0.2, 0.25) is 0 Å². The minimum atomic E-state index is -0.269. The molecule has 0 aliphatic carbocycles. The summed E-state index contributed by atoms with van der Waals surface area (Å²) >= 11 is 0. The quantitative estimate of drug-likeness (QED) is 0.907. The molecule has 0 bridgehead atoms. The van der Waals surface area contributed by atoms with Crippen LogP contribution >= 0.6 is 0 Å². The van der Waals surface area contributed by atoms with Crippen molar-refractivity contribution < 1.29 is 4.39 Å². The van der Waals surface area contributed by atoms with E-state index in [2.05, 4.69) is 20.1 Å². The highest BCUT2D eigenvalue weighted by atomic mass is 19.1. The fraction of sp³-hybridized carbons (Fsp3) is 0.467. The van der Waals surface area contributed by atoms with Crippen molar-refractivity contribution in [3.05, 3.63) is 29.6 Å². The van der Waals surface area contributed by atoms with Gasteiger partial charge in [0.25, 0.3) is 0 Å². The number of benzene rings is 1. The van der Waals surface area contributed by atoms with E-state index in [4.69, 9.17) is 5.73 Å². The molecule has 1 aliphatic rings. The molecule has 3 N–H and O–H groups in total. The number of hydrogen-bond donors (Lipinski definition) is 2. The molecule has 1 unspecified atom stereocenters. The molecule has 1 saturated heterocycles. The van der Waals surface area contributed by atoms with Crippen LogP contribution < -0.4 is 10.6 Å². The first-order valence-electron chi connectivity index (χ1n) is 7.31. The molecule has 3 rings (SSSR count). The highest BCUT2D eigenvalue weighted by Gasteiger charge is 2.22. The van der Waals surface area contributed by atoms with Crippen molar-refractivity contribution in [2.24, 2.45) is 11.7 Å². The van der Waals surface area contributed by atoms with Gasteiger partial charge < -0.3 is 10.6 Å². The molecule has 2 aromatic rings. The summed E-state index contributed by atoms with van der Waals surface area (Å²) in [6.45, 7) is 4.45. The van der Waals surface area contributed by atoms with Crippen molar-refractivity contribution in [2.45, 2.75) is 19.8 Å². The second-order valence-corrected chi connectivity index (χ2v) is 5.63. The maximum absolute atomic E-state index is 13.4. The van der Waals surface area contributed by atoms with Gasteiger partial charge in [-0.1, -0.05) is 6.07 Å². The molecule has 5 nitrogen and oxygen atoms in total.